The lowest BCUT2D eigenvalue weighted by molar-refractivity contribution is -0.123. The van der Waals surface area contributed by atoms with Crippen LogP contribution in [0, 0.1) is 12.3 Å². The maximum atomic E-state index is 13.1. The van der Waals surface area contributed by atoms with Gasteiger partial charge in [0.25, 0.3) is 0 Å². The summed E-state index contributed by atoms with van der Waals surface area (Å²) in [6.07, 6.45) is 0. The van der Waals surface area contributed by atoms with Crippen LogP contribution in [0.4, 0.5) is 5.69 Å². The Morgan fingerprint density at radius 2 is 1.88 bits per heavy atom. The lowest BCUT2D eigenvalue weighted by atomic mass is 9.94. The Morgan fingerprint density at radius 3 is 2.52 bits per heavy atom. The summed E-state index contributed by atoms with van der Waals surface area (Å²) in [7, 11) is -3.67. The number of amides is 1. The third-order valence-corrected chi connectivity index (χ3v) is 6.81. The minimum Gasteiger partial charge on any atom is -0.325 e. The number of fused-ring (bicyclic) bond motifs is 2. The smallest absolute Gasteiger partial charge is 0.229 e. The molecule has 1 aromatic carbocycles. The van der Waals surface area contributed by atoms with Crippen LogP contribution in [0.2, 0.25) is 0 Å². The van der Waals surface area contributed by atoms with E-state index in [2.05, 4.69) is 5.32 Å². The van der Waals surface area contributed by atoms with Gasteiger partial charge in [-0.15, -0.1) is 11.3 Å². The van der Waals surface area contributed by atoms with Gasteiger partial charge >= 0.3 is 0 Å². The number of hydrogen-bond acceptors (Lipinski definition) is 5. The first-order chi connectivity index (χ1) is 11.5. The van der Waals surface area contributed by atoms with Gasteiger partial charge in [0.05, 0.1) is 26.8 Å². The number of carbonyl (C=O) groups is 2. The van der Waals surface area contributed by atoms with E-state index >= 15 is 0 Å². The zero-order chi connectivity index (χ0) is 18.6. The fourth-order valence-electron chi connectivity index (χ4n) is 2.68. The van der Waals surface area contributed by atoms with E-state index in [4.69, 9.17) is 0 Å². The maximum Gasteiger partial charge on any atom is 0.229 e. The van der Waals surface area contributed by atoms with E-state index in [-0.39, 0.29) is 33.6 Å². The van der Waals surface area contributed by atoms with E-state index in [0.29, 0.717) is 16.0 Å². The van der Waals surface area contributed by atoms with Crippen LogP contribution in [0.3, 0.4) is 0 Å². The zero-order valence-corrected chi connectivity index (χ0v) is 16.1. The standard InChI is InChI=1S/C18H19NO4S2/c1-10-5-6-12-13(14(10)19-17(21)18(2,3)4)15(20)16-11(7-8-24-16)9-25(12,22)23/h5-8H,9H2,1-4H3,(H,19,21). The van der Waals surface area contributed by atoms with Gasteiger partial charge in [-0.05, 0) is 35.6 Å². The lowest BCUT2D eigenvalue weighted by Crippen LogP contribution is -2.29. The van der Waals surface area contributed by atoms with Gasteiger partial charge in [-0.3, -0.25) is 9.59 Å². The van der Waals surface area contributed by atoms with E-state index in [9.17, 15) is 18.0 Å². The monoisotopic (exact) mass is 377 g/mol. The molecule has 1 amide bonds. The number of nitrogens with one attached hydrogen (secondary N) is 1. The second-order valence-electron chi connectivity index (χ2n) is 7.20. The fourth-order valence-corrected chi connectivity index (χ4v) is 5.23. The summed E-state index contributed by atoms with van der Waals surface area (Å²) in [5.41, 5.74) is 0.846. The van der Waals surface area contributed by atoms with Crippen LogP contribution in [0.25, 0.3) is 0 Å². The first-order valence-corrected chi connectivity index (χ1v) is 10.3. The first kappa shape index (κ1) is 17.8. The van der Waals surface area contributed by atoms with Crippen molar-refractivity contribution >= 4 is 38.6 Å². The zero-order valence-electron chi connectivity index (χ0n) is 14.5. The van der Waals surface area contributed by atoms with E-state index in [0.717, 1.165) is 0 Å². The highest BCUT2D eigenvalue weighted by molar-refractivity contribution is 7.90. The number of ketones is 1. The average molecular weight is 377 g/mol. The third-order valence-electron chi connectivity index (χ3n) is 4.16. The highest BCUT2D eigenvalue weighted by Crippen LogP contribution is 2.37. The van der Waals surface area contributed by atoms with Crippen LogP contribution in [0.5, 0.6) is 0 Å². The predicted octanol–water partition coefficient (Wildman–Crippen LogP) is 3.56. The quantitative estimate of drug-likeness (QED) is 0.824. The molecule has 25 heavy (non-hydrogen) atoms. The van der Waals surface area contributed by atoms with Crippen LogP contribution >= 0.6 is 11.3 Å². The number of hydrogen-bond donors (Lipinski definition) is 1. The second-order valence-corrected chi connectivity index (χ2v) is 10.1. The van der Waals surface area contributed by atoms with Crippen molar-refractivity contribution in [3.8, 4) is 0 Å². The van der Waals surface area contributed by atoms with Crippen LogP contribution in [0.15, 0.2) is 28.5 Å². The minimum atomic E-state index is -3.67. The number of carbonyl (C=O) groups excluding carboxylic acids is 2. The van der Waals surface area contributed by atoms with Gasteiger partial charge in [-0.2, -0.15) is 0 Å². The Labute approximate surface area is 151 Å². The number of anilines is 1. The summed E-state index contributed by atoms with van der Waals surface area (Å²) < 4.78 is 25.6. The minimum absolute atomic E-state index is 0.0179. The molecule has 0 saturated carbocycles. The molecule has 3 rings (SSSR count). The lowest BCUT2D eigenvalue weighted by Gasteiger charge is -2.21. The van der Waals surface area contributed by atoms with E-state index in [1.54, 1.807) is 45.2 Å². The number of benzene rings is 1. The van der Waals surface area contributed by atoms with Crippen LogP contribution in [-0.2, 0) is 20.4 Å². The highest BCUT2D eigenvalue weighted by atomic mass is 32.2. The molecule has 1 aromatic heterocycles. The van der Waals surface area contributed by atoms with Crippen molar-refractivity contribution in [3.63, 3.8) is 0 Å². The molecular weight excluding hydrogens is 358 g/mol. The molecule has 0 aliphatic carbocycles. The Bertz CT molecular complexity index is 995. The second kappa shape index (κ2) is 5.78. The third kappa shape index (κ3) is 3.02. The topological polar surface area (TPSA) is 80.3 Å². The molecule has 1 aliphatic heterocycles. The number of aryl methyl sites for hydroxylation is 1. The molecule has 5 nitrogen and oxygen atoms in total. The summed E-state index contributed by atoms with van der Waals surface area (Å²) in [5.74, 6) is -0.834. The molecule has 2 aromatic rings. The van der Waals surface area contributed by atoms with Crippen molar-refractivity contribution in [2.45, 2.75) is 38.3 Å². The normalized spacial score (nSPS) is 15.9. The molecule has 0 saturated heterocycles. The van der Waals surface area contributed by atoms with Gasteiger partial charge in [-0.1, -0.05) is 26.8 Å². The SMILES string of the molecule is Cc1ccc2c(c1NC(=O)C(C)(C)C)C(=O)c1sccc1CS2(=O)=O. The van der Waals surface area contributed by atoms with Gasteiger partial charge in [0.15, 0.2) is 9.84 Å². The first-order valence-electron chi connectivity index (χ1n) is 7.81. The van der Waals surface area contributed by atoms with Gasteiger partial charge in [-0.25, -0.2) is 8.42 Å². The highest BCUT2D eigenvalue weighted by Gasteiger charge is 2.35. The van der Waals surface area contributed by atoms with Crippen molar-refractivity contribution in [1.29, 1.82) is 0 Å². The number of thiophene rings is 1. The molecule has 0 atom stereocenters. The van der Waals surface area contributed by atoms with E-state index in [1.165, 1.54) is 17.4 Å². The van der Waals surface area contributed by atoms with Crippen molar-refractivity contribution in [1.82, 2.24) is 0 Å². The summed E-state index contributed by atoms with van der Waals surface area (Å²) >= 11 is 1.22. The predicted molar refractivity (Wildman–Crippen MR) is 97.9 cm³/mol. The largest absolute Gasteiger partial charge is 0.325 e. The molecule has 1 aliphatic rings. The molecule has 7 heteroatoms. The van der Waals surface area contributed by atoms with Crippen LogP contribution in [0.1, 0.15) is 47.1 Å². The Hall–Kier alpha value is -1.99. The summed E-state index contributed by atoms with van der Waals surface area (Å²) in [5, 5.41) is 4.49. The van der Waals surface area contributed by atoms with Gasteiger partial charge < -0.3 is 5.32 Å². The molecule has 0 unspecified atom stereocenters. The molecule has 132 valence electrons. The van der Waals surface area contributed by atoms with Gasteiger partial charge in [0, 0.05) is 5.41 Å². The molecule has 2 heterocycles. The number of rotatable bonds is 1. The molecule has 0 fully saturated rings. The molecule has 0 radical (unpaired) electrons. The van der Waals surface area contributed by atoms with Gasteiger partial charge in [0.2, 0.25) is 11.7 Å². The van der Waals surface area contributed by atoms with Crippen molar-refractivity contribution in [2.75, 3.05) is 5.32 Å². The van der Waals surface area contributed by atoms with Crippen LogP contribution < -0.4 is 5.32 Å². The fraction of sp³-hybridized carbons (Fsp3) is 0.333. The summed E-state index contributed by atoms with van der Waals surface area (Å²) in [6, 6.07) is 4.75. The van der Waals surface area contributed by atoms with Crippen molar-refractivity contribution in [3.05, 3.63) is 45.1 Å². The molecule has 0 bridgehead atoms. The molecule has 1 N–H and O–H groups in total. The summed E-state index contributed by atoms with van der Waals surface area (Å²) in [4.78, 5) is 25.9. The molecular formula is C18H19NO4S2. The maximum absolute atomic E-state index is 13.1. The Balaban J connectivity index is 2.28. The van der Waals surface area contributed by atoms with Gasteiger partial charge in [0.1, 0.15) is 0 Å². The van der Waals surface area contributed by atoms with Crippen molar-refractivity contribution < 1.29 is 18.0 Å². The summed E-state index contributed by atoms with van der Waals surface area (Å²) in [6.45, 7) is 7.03. The van der Waals surface area contributed by atoms with E-state index < -0.39 is 15.3 Å². The van der Waals surface area contributed by atoms with Crippen molar-refractivity contribution in [2.24, 2.45) is 5.41 Å². The average Bonchev–Trinajstić information content (AvgIpc) is 2.91. The number of sulfone groups is 1. The Morgan fingerprint density at radius 1 is 1.20 bits per heavy atom. The van der Waals surface area contributed by atoms with Crippen LogP contribution in [-0.4, -0.2) is 20.1 Å². The Kier molecular flexibility index (Phi) is 4.12. The molecule has 0 spiro atoms. The van der Waals surface area contributed by atoms with E-state index in [1.807, 2.05) is 0 Å².